The summed E-state index contributed by atoms with van der Waals surface area (Å²) in [5.74, 6) is 0.198. The molecular weight excluding hydrogens is 515 g/mol. The molecule has 0 heterocycles. The summed E-state index contributed by atoms with van der Waals surface area (Å²) in [6.07, 6.45) is -3.95. The van der Waals surface area contributed by atoms with Crippen LogP contribution in [0.2, 0.25) is 0 Å². The van der Waals surface area contributed by atoms with Gasteiger partial charge in [0.15, 0.2) is 11.5 Å². The number of rotatable bonds is 9. The Morgan fingerprint density at radius 2 is 1.77 bits per heavy atom. The molecule has 0 unspecified atom stereocenters. The Morgan fingerprint density at radius 3 is 2.49 bits per heavy atom. The molecule has 0 aromatic heterocycles. The number of ether oxygens (including phenoxy) is 2. The van der Waals surface area contributed by atoms with Gasteiger partial charge in [0.1, 0.15) is 6.61 Å². The summed E-state index contributed by atoms with van der Waals surface area (Å²) in [7, 11) is 1.48. The third kappa shape index (κ3) is 6.89. The average Bonchev–Trinajstić information content (AvgIpc) is 2.91. The Balaban J connectivity index is 1.38. The van der Waals surface area contributed by atoms with Crippen LogP contribution in [0.25, 0.3) is 10.8 Å². The van der Waals surface area contributed by atoms with E-state index < -0.39 is 34.7 Å². The molecule has 0 saturated heterocycles. The molecule has 4 aromatic rings. The maximum Gasteiger partial charge on any atom is 0.416 e. The lowest BCUT2D eigenvalue weighted by molar-refractivity contribution is -0.385. The predicted octanol–water partition coefficient (Wildman–Crippen LogP) is 6.05. The molecule has 4 aromatic carbocycles. The van der Waals surface area contributed by atoms with Crippen molar-refractivity contribution < 1.29 is 32.4 Å². The van der Waals surface area contributed by atoms with Crippen LogP contribution in [0.5, 0.6) is 11.5 Å². The Morgan fingerprint density at radius 1 is 1.00 bits per heavy atom. The van der Waals surface area contributed by atoms with E-state index >= 15 is 0 Å². The molecular formula is C28H22F3N3O5. The summed E-state index contributed by atoms with van der Waals surface area (Å²) in [6, 6.07) is 21.1. The zero-order valence-corrected chi connectivity index (χ0v) is 20.6. The van der Waals surface area contributed by atoms with Gasteiger partial charge in [0.2, 0.25) is 5.91 Å². The third-order valence-corrected chi connectivity index (χ3v) is 5.76. The maximum absolute atomic E-state index is 12.9. The lowest BCUT2D eigenvalue weighted by Gasteiger charge is -2.12. The SMILES string of the molecule is COc1cc(/C=N\NC(=O)Cc2ccc(C(F)(F)F)cc2[N+](=O)[O-])ccc1OCc1ccc2ccccc2c1. The molecule has 0 bridgehead atoms. The van der Waals surface area contributed by atoms with Crippen molar-refractivity contribution in [2.45, 2.75) is 19.2 Å². The van der Waals surface area contributed by atoms with Gasteiger partial charge in [-0.2, -0.15) is 18.3 Å². The first-order chi connectivity index (χ1) is 18.6. The second-order valence-corrected chi connectivity index (χ2v) is 8.45. The van der Waals surface area contributed by atoms with Crippen LogP contribution in [0.15, 0.2) is 84.0 Å². The Bertz CT molecular complexity index is 1550. The lowest BCUT2D eigenvalue weighted by Crippen LogP contribution is -2.20. The number of hydrogen-bond donors (Lipinski definition) is 1. The van der Waals surface area contributed by atoms with Crippen molar-refractivity contribution in [3.8, 4) is 11.5 Å². The molecule has 1 amide bonds. The number of benzene rings is 4. The van der Waals surface area contributed by atoms with Crippen LogP contribution in [-0.2, 0) is 24.0 Å². The number of carbonyl (C=O) groups is 1. The molecule has 0 spiro atoms. The zero-order valence-electron chi connectivity index (χ0n) is 20.6. The molecule has 39 heavy (non-hydrogen) atoms. The largest absolute Gasteiger partial charge is 0.493 e. The molecule has 0 radical (unpaired) electrons. The normalized spacial score (nSPS) is 11.5. The van der Waals surface area contributed by atoms with E-state index in [4.69, 9.17) is 9.47 Å². The van der Waals surface area contributed by atoms with Crippen LogP contribution in [-0.4, -0.2) is 24.2 Å². The van der Waals surface area contributed by atoms with Crippen LogP contribution in [0.4, 0.5) is 18.9 Å². The van der Waals surface area contributed by atoms with Gasteiger partial charge >= 0.3 is 6.18 Å². The molecule has 0 aliphatic rings. The van der Waals surface area contributed by atoms with Crippen molar-refractivity contribution in [1.29, 1.82) is 0 Å². The molecule has 0 fully saturated rings. The number of carbonyl (C=O) groups excluding carboxylic acids is 1. The number of nitrogens with one attached hydrogen (secondary N) is 1. The monoisotopic (exact) mass is 537 g/mol. The second kappa shape index (κ2) is 11.6. The summed E-state index contributed by atoms with van der Waals surface area (Å²) in [6.45, 7) is 0.320. The van der Waals surface area contributed by atoms with Crippen molar-refractivity contribution in [3.63, 3.8) is 0 Å². The van der Waals surface area contributed by atoms with Gasteiger partial charge in [-0.25, -0.2) is 5.43 Å². The molecule has 8 nitrogen and oxygen atoms in total. The van der Waals surface area contributed by atoms with Gasteiger partial charge in [-0.1, -0.05) is 42.5 Å². The minimum atomic E-state index is -4.74. The number of methoxy groups -OCH3 is 1. The molecule has 0 aliphatic heterocycles. The Labute approximate surface area is 220 Å². The van der Waals surface area contributed by atoms with Gasteiger partial charge in [0.05, 0.1) is 30.2 Å². The van der Waals surface area contributed by atoms with Crippen LogP contribution >= 0.6 is 0 Å². The fraction of sp³-hybridized carbons (Fsp3) is 0.143. The number of alkyl halides is 3. The standard InChI is InChI=1S/C28H22F3N3O5/c1-38-26-13-18(7-11-25(26)39-17-19-6-8-20-4-2-3-5-21(20)12-19)16-32-33-27(35)14-22-9-10-23(28(29,30)31)15-24(22)34(36)37/h2-13,15-16H,14,17H2,1H3,(H,33,35)/b32-16-. The van der Waals surface area contributed by atoms with E-state index in [0.29, 0.717) is 35.8 Å². The first kappa shape index (κ1) is 27.1. The molecule has 1 N–H and O–H groups in total. The van der Waals surface area contributed by atoms with Crippen molar-refractivity contribution in [3.05, 3.63) is 111 Å². The smallest absolute Gasteiger partial charge is 0.416 e. The van der Waals surface area contributed by atoms with Gasteiger partial charge in [0, 0.05) is 11.6 Å². The van der Waals surface area contributed by atoms with Crippen LogP contribution in [0, 0.1) is 10.1 Å². The highest BCUT2D eigenvalue weighted by molar-refractivity contribution is 5.85. The first-order valence-corrected chi connectivity index (χ1v) is 11.6. The number of fused-ring (bicyclic) bond motifs is 1. The number of nitro groups is 1. The van der Waals surface area contributed by atoms with Gasteiger partial charge in [-0.3, -0.25) is 14.9 Å². The predicted molar refractivity (Wildman–Crippen MR) is 139 cm³/mol. The second-order valence-electron chi connectivity index (χ2n) is 8.45. The summed E-state index contributed by atoms with van der Waals surface area (Å²) in [5, 5.41) is 17.3. The van der Waals surface area contributed by atoms with E-state index in [1.807, 2.05) is 42.5 Å². The van der Waals surface area contributed by atoms with Crippen LogP contribution in [0.3, 0.4) is 0 Å². The van der Waals surface area contributed by atoms with Crippen molar-refractivity contribution >= 4 is 28.6 Å². The van der Waals surface area contributed by atoms with Crippen molar-refractivity contribution in [1.82, 2.24) is 5.43 Å². The highest BCUT2D eigenvalue weighted by atomic mass is 19.4. The summed E-state index contributed by atoms with van der Waals surface area (Å²) in [4.78, 5) is 22.5. The minimum absolute atomic E-state index is 0.171. The number of nitrogens with zero attached hydrogens (tertiary/aromatic N) is 2. The van der Waals surface area contributed by atoms with E-state index in [9.17, 15) is 28.1 Å². The number of hydrogen-bond acceptors (Lipinski definition) is 6. The average molecular weight is 537 g/mol. The van der Waals surface area contributed by atoms with Gasteiger partial charge in [-0.15, -0.1) is 0 Å². The fourth-order valence-electron chi connectivity index (χ4n) is 3.82. The van der Waals surface area contributed by atoms with Crippen LogP contribution < -0.4 is 14.9 Å². The van der Waals surface area contributed by atoms with E-state index in [1.54, 1.807) is 18.2 Å². The quantitative estimate of drug-likeness (QED) is 0.159. The van der Waals surface area contributed by atoms with Gasteiger partial charge in [-0.05, 0) is 52.2 Å². The topological polar surface area (TPSA) is 103 Å². The lowest BCUT2D eigenvalue weighted by atomic mass is 10.1. The molecule has 200 valence electrons. The van der Waals surface area contributed by atoms with E-state index in [0.717, 1.165) is 22.4 Å². The first-order valence-electron chi connectivity index (χ1n) is 11.6. The Hall–Kier alpha value is -4.93. The number of halogens is 3. The fourth-order valence-corrected chi connectivity index (χ4v) is 3.82. The molecule has 11 heteroatoms. The number of nitro benzene ring substituents is 1. The van der Waals surface area contributed by atoms with Crippen LogP contribution in [0.1, 0.15) is 22.3 Å². The Kier molecular flexibility index (Phi) is 8.09. The number of hydrazone groups is 1. The summed E-state index contributed by atoms with van der Waals surface area (Å²) in [5.41, 5.74) is 1.62. The summed E-state index contributed by atoms with van der Waals surface area (Å²) >= 11 is 0. The summed E-state index contributed by atoms with van der Waals surface area (Å²) < 4.78 is 49.9. The molecule has 0 saturated carbocycles. The number of amides is 1. The molecule has 4 rings (SSSR count). The van der Waals surface area contributed by atoms with Crippen molar-refractivity contribution in [2.75, 3.05) is 7.11 Å². The van der Waals surface area contributed by atoms with Gasteiger partial charge in [0.25, 0.3) is 5.69 Å². The highest BCUT2D eigenvalue weighted by Crippen LogP contribution is 2.33. The molecule has 0 aliphatic carbocycles. The van der Waals surface area contributed by atoms with E-state index in [1.165, 1.54) is 13.3 Å². The third-order valence-electron chi connectivity index (χ3n) is 5.76. The van der Waals surface area contributed by atoms with E-state index in [2.05, 4.69) is 10.5 Å². The molecule has 0 atom stereocenters. The minimum Gasteiger partial charge on any atom is -0.493 e. The van der Waals surface area contributed by atoms with Gasteiger partial charge < -0.3 is 9.47 Å². The zero-order chi connectivity index (χ0) is 28.0. The van der Waals surface area contributed by atoms with E-state index in [-0.39, 0.29) is 5.56 Å². The van der Waals surface area contributed by atoms with Crippen molar-refractivity contribution in [2.24, 2.45) is 5.10 Å². The highest BCUT2D eigenvalue weighted by Gasteiger charge is 2.33. The maximum atomic E-state index is 12.9.